The molecule has 0 N–H and O–H groups in total. The summed E-state index contributed by atoms with van der Waals surface area (Å²) < 4.78 is 2.11. The summed E-state index contributed by atoms with van der Waals surface area (Å²) in [6.07, 6.45) is 3.79. The molecule has 0 unspecified atom stereocenters. The third-order valence-corrected chi connectivity index (χ3v) is 2.99. The molecule has 0 atom stereocenters. The van der Waals surface area contributed by atoms with E-state index in [0.717, 1.165) is 23.1 Å². The monoisotopic (exact) mass is 233 g/mol. The van der Waals surface area contributed by atoms with E-state index in [2.05, 4.69) is 15.6 Å². The minimum atomic E-state index is 0.715. The predicted octanol–water partition coefficient (Wildman–Crippen LogP) is 2.96. The van der Waals surface area contributed by atoms with Crippen molar-refractivity contribution in [1.29, 1.82) is 5.26 Å². The van der Waals surface area contributed by atoms with Gasteiger partial charge in [0.05, 0.1) is 23.9 Å². The number of benzene rings is 1. The van der Waals surface area contributed by atoms with Crippen LogP contribution in [0.2, 0.25) is 0 Å². The van der Waals surface area contributed by atoms with Gasteiger partial charge in [-0.3, -0.25) is 4.98 Å². The van der Waals surface area contributed by atoms with Crippen molar-refractivity contribution in [3.05, 3.63) is 66.1 Å². The zero-order chi connectivity index (χ0) is 12.4. The summed E-state index contributed by atoms with van der Waals surface area (Å²) in [7, 11) is 0. The Morgan fingerprint density at radius 3 is 2.83 bits per heavy atom. The van der Waals surface area contributed by atoms with Gasteiger partial charge in [0.15, 0.2) is 0 Å². The van der Waals surface area contributed by atoms with E-state index in [-0.39, 0.29) is 0 Å². The first-order chi connectivity index (χ1) is 8.88. The van der Waals surface area contributed by atoms with Crippen LogP contribution in [0.15, 0.2) is 54.9 Å². The van der Waals surface area contributed by atoms with Crippen LogP contribution in [-0.2, 0) is 6.54 Å². The van der Waals surface area contributed by atoms with Gasteiger partial charge in [0.1, 0.15) is 0 Å². The van der Waals surface area contributed by atoms with Crippen molar-refractivity contribution in [3.8, 4) is 6.07 Å². The summed E-state index contributed by atoms with van der Waals surface area (Å²) >= 11 is 0. The van der Waals surface area contributed by atoms with Crippen molar-refractivity contribution in [3.63, 3.8) is 0 Å². The minimum absolute atomic E-state index is 0.715. The summed E-state index contributed by atoms with van der Waals surface area (Å²) in [5, 5.41) is 10.1. The standard InChI is InChI=1S/C15H11N3/c16-10-12-4-3-6-15-14(12)7-9-18(15)11-13-5-1-2-8-17-13/h1-9H,11H2. The Morgan fingerprint density at radius 2 is 2.06 bits per heavy atom. The fraction of sp³-hybridized carbons (Fsp3) is 0.0667. The molecule has 0 radical (unpaired) electrons. The van der Waals surface area contributed by atoms with Crippen LogP contribution in [0.3, 0.4) is 0 Å². The summed E-state index contributed by atoms with van der Waals surface area (Å²) in [5.41, 5.74) is 2.80. The van der Waals surface area contributed by atoms with E-state index in [1.807, 2.05) is 48.7 Å². The molecular weight excluding hydrogens is 222 g/mol. The number of aromatic nitrogens is 2. The molecule has 0 saturated heterocycles. The van der Waals surface area contributed by atoms with E-state index in [9.17, 15) is 0 Å². The molecule has 0 amide bonds. The van der Waals surface area contributed by atoms with Crippen LogP contribution >= 0.6 is 0 Å². The van der Waals surface area contributed by atoms with Crippen LogP contribution in [0.5, 0.6) is 0 Å². The van der Waals surface area contributed by atoms with Gasteiger partial charge in [0.25, 0.3) is 0 Å². The lowest BCUT2D eigenvalue weighted by atomic mass is 10.1. The molecule has 18 heavy (non-hydrogen) atoms. The van der Waals surface area contributed by atoms with Crippen LogP contribution in [0.25, 0.3) is 10.9 Å². The lowest BCUT2D eigenvalue weighted by molar-refractivity contribution is 0.807. The average molecular weight is 233 g/mol. The van der Waals surface area contributed by atoms with Crippen LogP contribution in [0.4, 0.5) is 0 Å². The molecular formula is C15H11N3. The molecule has 3 heteroatoms. The van der Waals surface area contributed by atoms with Crippen LogP contribution in [0, 0.1) is 11.3 Å². The highest BCUT2D eigenvalue weighted by molar-refractivity contribution is 5.86. The lowest BCUT2D eigenvalue weighted by Crippen LogP contribution is -1.99. The summed E-state index contributed by atoms with van der Waals surface area (Å²) in [4.78, 5) is 4.32. The van der Waals surface area contributed by atoms with Gasteiger partial charge in [-0.2, -0.15) is 5.26 Å². The third kappa shape index (κ3) is 1.74. The lowest BCUT2D eigenvalue weighted by Gasteiger charge is -2.04. The molecule has 0 saturated carbocycles. The van der Waals surface area contributed by atoms with Gasteiger partial charge < -0.3 is 4.57 Å². The molecule has 2 aromatic heterocycles. The normalized spacial score (nSPS) is 10.4. The Morgan fingerprint density at radius 1 is 1.11 bits per heavy atom. The second-order valence-corrected chi connectivity index (χ2v) is 4.11. The predicted molar refractivity (Wildman–Crippen MR) is 70.0 cm³/mol. The van der Waals surface area contributed by atoms with E-state index in [1.54, 1.807) is 6.20 Å². The second-order valence-electron chi connectivity index (χ2n) is 4.11. The summed E-state index contributed by atoms with van der Waals surface area (Å²) in [6, 6.07) is 15.9. The van der Waals surface area contributed by atoms with E-state index in [1.165, 1.54) is 0 Å². The van der Waals surface area contributed by atoms with Gasteiger partial charge in [-0.15, -0.1) is 0 Å². The molecule has 3 nitrogen and oxygen atoms in total. The van der Waals surface area contributed by atoms with Crippen molar-refractivity contribution in [1.82, 2.24) is 9.55 Å². The highest BCUT2D eigenvalue weighted by Gasteiger charge is 2.05. The first-order valence-electron chi connectivity index (χ1n) is 5.76. The van der Waals surface area contributed by atoms with Crippen molar-refractivity contribution in [2.24, 2.45) is 0 Å². The van der Waals surface area contributed by atoms with Gasteiger partial charge in [0, 0.05) is 23.3 Å². The van der Waals surface area contributed by atoms with E-state index >= 15 is 0 Å². The Hall–Kier alpha value is -2.60. The highest BCUT2D eigenvalue weighted by Crippen LogP contribution is 2.20. The Labute approximate surface area is 105 Å². The summed E-state index contributed by atoms with van der Waals surface area (Å²) in [6.45, 7) is 0.721. The van der Waals surface area contributed by atoms with Crippen LogP contribution < -0.4 is 0 Å². The maximum absolute atomic E-state index is 9.06. The molecule has 0 bridgehead atoms. The van der Waals surface area contributed by atoms with Crippen molar-refractivity contribution in [2.75, 3.05) is 0 Å². The van der Waals surface area contributed by atoms with E-state index < -0.39 is 0 Å². The van der Waals surface area contributed by atoms with E-state index in [0.29, 0.717) is 5.56 Å². The van der Waals surface area contributed by atoms with Crippen LogP contribution in [-0.4, -0.2) is 9.55 Å². The van der Waals surface area contributed by atoms with Gasteiger partial charge >= 0.3 is 0 Å². The number of rotatable bonds is 2. The Balaban J connectivity index is 2.07. The Kier molecular flexibility index (Phi) is 2.54. The molecule has 86 valence electrons. The topological polar surface area (TPSA) is 41.6 Å². The molecule has 0 fully saturated rings. The molecule has 2 heterocycles. The third-order valence-electron chi connectivity index (χ3n) is 2.99. The fourth-order valence-electron chi connectivity index (χ4n) is 2.12. The zero-order valence-electron chi connectivity index (χ0n) is 9.74. The highest BCUT2D eigenvalue weighted by atomic mass is 15.0. The number of nitriles is 1. The molecule has 0 spiro atoms. The summed E-state index contributed by atoms with van der Waals surface area (Å²) in [5.74, 6) is 0. The molecule has 3 rings (SSSR count). The molecule has 0 aliphatic heterocycles. The van der Waals surface area contributed by atoms with Gasteiger partial charge in [-0.25, -0.2) is 0 Å². The minimum Gasteiger partial charge on any atom is -0.341 e. The van der Waals surface area contributed by atoms with Gasteiger partial charge in [0.2, 0.25) is 0 Å². The number of hydrogen-bond donors (Lipinski definition) is 0. The first-order valence-corrected chi connectivity index (χ1v) is 5.76. The van der Waals surface area contributed by atoms with E-state index in [4.69, 9.17) is 5.26 Å². The Bertz CT molecular complexity index is 720. The zero-order valence-corrected chi connectivity index (χ0v) is 9.74. The molecule has 3 aromatic rings. The number of pyridine rings is 1. The molecule has 0 aliphatic carbocycles. The molecule has 0 aliphatic rings. The fourth-order valence-corrected chi connectivity index (χ4v) is 2.12. The van der Waals surface area contributed by atoms with Gasteiger partial charge in [-0.1, -0.05) is 12.1 Å². The second kappa shape index (κ2) is 4.34. The number of nitrogens with zero attached hydrogens (tertiary/aromatic N) is 3. The average Bonchev–Trinajstić information content (AvgIpc) is 2.83. The van der Waals surface area contributed by atoms with Gasteiger partial charge in [-0.05, 0) is 30.3 Å². The smallest absolute Gasteiger partial charge is 0.0998 e. The largest absolute Gasteiger partial charge is 0.341 e. The number of hydrogen-bond acceptors (Lipinski definition) is 2. The molecule has 1 aromatic carbocycles. The van der Waals surface area contributed by atoms with Crippen molar-refractivity contribution >= 4 is 10.9 Å². The van der Waals surface area contributed by atoms with Crippen molar-refractivity contribution < 1.29 is 0 Å². The number of fused-ring (bicyclic) bond motifs is 1. The maximum Gasteiger partial charge on any atom is 0.0998 e. The van der Waals surface area contributed by atoms with Crippen LogP contribution in [0.1, 0.15) is 11.3 Å². The quantitative estimate of drug-likeness (QED) is 0.682. The maximum atomic E-state index is 9.06. The first kappa shape index (κ1) is 10.5. The van der Waals surface area contributed by atoms with Crippen molar-refractivity contribution in [2.45, 2.75) is 6.54 Å². The SMILES string of the molecule is N#Cc1cccc2c1ccn2Cc1ccccn1.